The van der Waals surface area contributed by atoms with Crippen LogP contribution >= 0.6 is 0 Å². The van der Waals surface area contributed by atoms with Crippen molar-refractivity contribution in [2.75, 3.05) is 14.2 Å². The summed E-state index contributed by atoms with van der Waals surface area (Å²) in [4.78, 5) is 3.58. The van der Waals surface area contributed by atoms with Gasteiger partial charge in [0, 0.05) is 20.6 Å². The van der Waals surface area contributed by atoms with Gasteiger partial charge in [-0.15, -0.1) is 0 Å². The van der Waals surface area contributed by atoms with Crippen molar-refractivity contribution < 1.29 is 9.47 Å². The molecule has 0 unspecified atom stereocenters. The van der Waals surface area contributed by atoms with E-state index in [0.29, 0.717) is 6.42 Å². The Morgan fingerprint density at radius 3 is 2.10 bits per heavy atom. The van der Waals surface area contributed by atoms with Crippen LogP contribution in [-0.4, -0.2) is 26.1 Å². The molecule has 0 radical (unpaired) electrons. The quantitative estimate of drug-likeness (QED) is 0.474. The van der Waals surface area contributed by atoms with E-state index < -0.39 is 5.91 Å². The number of methoxy groups -OCH3 is 2. The molecule has 0 saturated heterocycles. The highest BCUT2D eigenvalue weighted by Crippen LogP contribution is 2.15. The van der Waals surface area contributed by atoms with Crippen LogP contribution < -0.4 is 0 Å². The molecule has 4 nitrogen and oxygen atoms in total. The Bertz CT molecular complexity index is 128. The van der Waals surface area contributed by atoms with Crippen LogP contribution in [0.25, 0.3) is 0 Å². The number of aliphatic imine (C=N–C) groups is 1. The topological polar surface area (TPSA) is 54.7 Å². The summed E-state index contributed by atoms with van der Waals surface area (Å²) in [5.74, 6) is -0.998. The van der Waals surface area contributed by atoms with E-state index in [4.69, 9.17) is 14.9 Å². The van der Waals surface area contributed by atoms with Gasteiger partial charge in [0.05, 0.1) is 6.01 Å². The lowest BCUT2D eigenvalue weighted by Gasteiger charge is -2.22. The smallest absolute Gasteiger partial charge is 0.277 e. The van der Waals surface area contributed by atoms with Crippen LogP contribution in [-0.2, 0) is 9.47 Å². The van der Waals surface area contributed by atoms with E-state index in [2.05, 4.69) is 4.99 Å². The second-order valence-electron chi connectivity index (χ2n) is 1.70. The van der Waals surface area contributed by atoms with Crippen LogP contribution in [0.15, 0.2) is 4.99 Å². The zero-order valence-electron chi connectivity index (χ0n) is 6.47. The van der Waals surface area contributed by atoms with Gasteiger partial charge in [-0.05, 0) is 0 Å². The number of ether oxygens (including phenoxy) is 2. The van der Waals surface area contributed by atoms with Crippen LogP contribution in [0.4, 0.5) is 0 Å². The predicted molar refractivity (Wildman–Crippen MR) is 37.2 cm³/mol. The van der Waals surface area contributed by atoms with Crippen LogP contribution in [0, 0.1) is 5.41 Å². The fraction of sp³-hybridized carbons (Fsp3) is 0.833. The van der Waals surface area contributed by atoms with Crippen molar-refractivity contribution in [1.82, 2.24) is 0 Å². The highest BCUT2D eigenvalue weighted by atomic mass is 16.7. The molecule has 0 bridgehead atoms. The van der Waals surface area contributed by atoms with E-state index in [1.165, 1.54) is 14.2 Å². The van der Waals surface area contributed by atoms with Crippen molar-refractivity contribution in [3.05, 3.63) is 0 Å². The second-order valence-corrected chi connectivity index (χ2v) is 1.70. The average Bonchev–Trinajstić information content (AvgIpc) is 2.01. The normalized spacial score (nSPS) is 10.7. The molecule has 0 amide bonds. The first kappa shape index (κ1) is 9.30. The zero-order valence-corrected chi connectivity index (χ0v) is 6.47. The molecule has 0 heterocycles. The summed E-state index contributed by atoms with van der Waals surface area (Å²) in [6.07, 6.45) is 0.561. The van der Waals surface area contributed by atoms with E-state index in [1.54, 1.807) is 0 Å². The first-order valence-corrected chi connectivity index (χ1v) is 2.98. The maximum absolute atomic E-state index is 6.59. The van der Waals surface area contributed by atoms with Crippen molar-refractivity contribution in [2.24, 2.45) is 4.99 Å². The van der Waals surface area contributed by atoms with Crippen molar-refractivity contribution in [3.8, 4) is 0 Å². The summed E-state index contributed by atoms with van der Waals surface area (Å²) in [7, 11) is 2.96. The van der Waals surface area contributed by atoms with Gasteiger partial charge >= 0.3 is 0 Å². The highest BCUT2D eigenvalue weighted by Gasteiger charge is 2.25. The minimum Gasteiger partial charge on any atom is -0.334 e. The molecule has 58 valence electrons. The lowest BCUT2D eigenvalue weighted by molar-refractivity contribution is -0.201. The number of hydrogen-bond donors (Lipinski definition) is 1. The van der Waals surface area contributed by atoms with Crippen molar-refractivity contribution in [2.45, 2.75) is 19.3 Å². The first-order chi connectivity index (χ1) is 4.74. The Morgan fingerprint density at radius 2 is 2.00 bits per heavy atom. The minimum absolute atomic E-state index is 0.561. The van der Waals surface area contributed by atoms with E-state index in [1.807, 2.05) is 12.9 Å². The molecule has 0 aliphatic rings. The maximum Gasteiger partial charge on any atom is 0.277 e. The molecule has 0 aliphatic heterocycles. The molecule has 0 saturated carbocycles. The molecule has 0 fully saturated rings. The third-order valence-corrected chi connectivity index (χ3v) is 1.31. The molecule has 0 aromatic heterocycles. The van der Waals surface area contributed by atoms with Crippen LogP contribution in [0.5, 0.6) is 0 Å². The molecule has 0 aliphatic carbocycles. The number of nitrogens with one attached hydrogen (secondary N) is 1. The van der Waals surface area contributed by atoms with Crippen molar-refractivity contribution >= 4 is 6.01 Å². The van der Waals surface area contributed by atoms with Gasteiger partial charge < -0.3 is 9.47 Å². The zero-order chi connectivity index (χ0) is 8.04. The predicted octanol–water partition coefficient (Wildman–Crippen LogP) is 1.10. The molecule has 10 heavy (non-hydrogen) atoms. The first-order valence-electron chi connectivity index (χ1n) is 2.98. The summed E-state index contributed by atoms with van der Waals surface area (Å²) >= 11 is 0. The summed E-state index contributed by atoms with van der Waals surface area (Å²) in [6, 6.07) is 1.89. The van der Waals surface area contributed by atoms with E-state index in [0.717, 1.165) is 0 Å². The van der Waals surface area contributed by atoms with Crippen molar-refractivity contribution in [3.63, 3.8) is 0 Å². The van der Waals surface area contributed by atoms with Crippen LogP contribution in [0.2, 0.25) is 0 Å². The molecule has 0 aromatic rings. The molecule has 0 rings (SSSR count). The fourth-order valence-electron chi connectivity index (χ4n) is 0.628. The Balaban J connectivity index is 4.29. The van der Waals surface area contributed by atoms with Crippen LogP contribution in [0.1, 0.15) is 13.3 Å². The Hall–Kier alpha value is -0.700. The maximum atomic E-state index is 6.59. The highest BCUT2D eigenvalue weighted by molar-refractivity contribution is 5.36. The van der Waals surface area contributed by atoms with Crippen LogP contribution in [0.3, 0.4) is 0 Å². The standard InChI is InChI=1S/C6H12N2O2/c1-4-6(9-2,10-3)8-5-7/h7H,4H2,1-3H3. The lowest BCUT2D eigenvalue weighted by Crippen LogP contribution is -2.29. The third-order valence-electron chi connectivity index (χ3n) is 1.31. The molecule has 1 N–H and O–H groups in total. The van der Waals surface area contributed by atoms with E-state index in [-0.39, 0.29) is 0 Å². The Kier molecular flexibility index (Phi) is 3.88. The van der Waals surface area contributed by atoms with Gasteiger partial charge in [-0.1, -0.05) is 6.92 Å². The molecule has 0 atom stereocenters. The largest absolute Gasteiger partial charge is 0.334 e. The summed E-state index contributed by atoms with van der Waals surface area (Å²) < 4.78 is 9.81. The SMILES string of the molecule is CCC(N=C=N)(OC)OC. The summed E-state index contributed by atoms with van der Waals surface area (Å²) in [5, 5.41) is 6.59. The van der Waals surface area contributed by atoms with Gasteiger partial charge in [-0.3, -0.25) is 0 Å². The van der Waals surface area contributed by atoms with Gasteiger partial charge in [0.2, 0.25) is 0 Å². The lowest BCUT2D eigenvalue weighted by atomic mass is 10.4. The monoisotopic (exact) mass is 144 g/mol. The van der Waals surface area contributed by atoms with E-state index in [9.17, 15) is 0 Å². The van der Waals surface area contributed by atoms with Crippen molar-refractivity contribution in [1.29, 1.82) is 5.41 Å². The molecular weight excluding hydrogens is 132 g/mol. The van der Waals surface area contributed by atoms with Gasteiger partial charge in [-0.2, -0.15) is 4.99 Å². The minimum atomic E-state index is -0.998. The molecular formula is C6H12N2O2. The summed E-state index contributed by atoms with van der Waals surface area (Å²) in [5.41, 5.74) is 0. The van der Waals surface area contributed by atoms with Gasteiger partial charge in [-0.25, -0.2) is 5.41 Å². The average molecular weight is 144 g/mol. The van der Waals surface area contributed by atoms with Gasteiger partial charge in [0.15, 0.2) is 0 Å². The Morgan fingerprint density at radius 1 is 1.50 bits per heavy atom. The van der Waals surface area contributed by atoms with Gasteiger partial charge in [0.25, 0.3) is 5.91 Å². The number of hydrogen-bond acceptors (Lipinski definition) is 4. The fourth-order valence-corrected chi connectivity index (χ4v) is 0.628. The number of rotatable bonds is 4. The second kappa shape index (κ2) is 4.17. The molecule has 0 aromatic carbocycles. The summed E-state index contributed by atoms with van der Waals surface area (Å²) in [6.45, 7) is 1.86. The molecule has 4 heteroatoms. The molecule has 0 spiro atoms. The van der Waals surface area contributed by atoms with Gasteiger partial charge in [0.1, 0.15) is 0 Å². The number of nitrogens with zero attached hydrogens (tertiary/aromatic N) is 1. The Labute approximate surface area is 60.4 Å². The third kappa shape index (κ3) is 1.92. The van der Waals surface area contributed by atoms with E-state index >= 15 is 0 Å².